The van der Waals surface area contributed by atoms with Crippen molar-refractivity contribution in [2.45, 2.75) is 18.0 Å². The van der Waals surface area contributed by atoms with Crippen molar-refractivity contribution in [2.75, 3.05) is 5.75 Å². The fourth-order valence-corrected chi connectivity index (χ4v) is 4.25. The number of hydrogen-bond acceptors (Lipinski definition) is 6. The van der Waals surface area contributed by atoms with Crippen LogP contribution in [0.5, 0.6) is 0 Å². The molecule has 0 aliphatic carbocycles. The predicted molar refractivity (Wildman–Crippen MR) is 85.7 cm³/mol. The standard InChI is InChI=1S/C14H13N5O3S.ClH/c15-10-12(20)19-11(14(21)22)8(7-23-13(10)19)6-17-4-5-18-9(17)2-1-3-16-18;/h1-5,10,13H,6-7,15H2;1H. The van der Waals surface area contributed by atoms with Crippen molar-refractivity contribution >= 4 is 41.7 Å². The highest BCUT2D eigenvalue weighted by Crippen LogP contribution is 2.39. The van der Waals surface area contributed by atoms with Gasteiger partial charge in [-0.2, -0.15) is 0 Å². The molecule has 0 saturated carbocycles. The number of hydrogen-bond donors (Lipinski definition) is 1. The molecule has 0 aromatic carbocycles. The molecule has 2 aromatic rings. The molecular formula is C14H14ClN5O3S. The Bertz CT molecular complexity index is 867. The van der Waals surface area contributed by atoms with Crippen LogP contribution < -0.4 is 15.4 Å². The van der Waals surface area contributed by atoms with Gasteiger partial charge in [0.2, 0.25) is 5.91 Å². The number of thioether (sulfide) groups is 1. The quantitative estimate of drug-likeness (QED) is 0.511. The van der Waals surface area contributed by atoms with Crippen LogP contribution in [0.1, 0.15) is 0 Å². The summed E-state index contributed by atoms with van der Waals surface area (Å²) in [6.07, 6.45) is 5.28. The first kappa shape index (κ1) is 16.7. The van der Waals surface area contributed by atoms with Gasteiger partial charge in [0.15, 0.2) is 6.20 Å². The largest absolute Gasteiger partial charge is 0.543 e. The Hall–Kier alpha value is -2.10. The maximum atomic E-state index is 11.9. The first-order valence-corrected chi connectivity index (χ1v) is 8.08. The number of fused-ring (bicyclic) bond motifs is 2. The summed E-state index contributed by atoms with van der Waals surface area (Å²) in [5.41, 5.74) is 7.15. The van der Waals surface area contributed by atoms with Crippen LogP contribution in [0.3, 0.4) is 0 Å². The van der Waals surface area contributed by atoms with Gasteiger partial charge in [-0.15, -0.1) is 28.7 Å². The van der Waals surface area contributed by atoms with Gasteiger partial charge in [-0.3, -0.25) is 9.69 Å². The van der Waals surface area contributed by atoms with Gasteiger partial charge in [-0.25, -0.2) is 4.57 Å². The van der Waals surface area contributed by atoms with E-state index in [9.17, 15) is 14.7 Å². The Morgan fingerprint density at radius 1 is 1.54 bits per heavy atom. The lowest BCUT2D eigenvalue weighted by Crippen LogP contribution is -2.69. The molecule has 2 aromatic heterocycles. The second-order valence-electron chi connectivity index (χ2n) is 5.43. The third kappa shape index (κ3) is 2.36. The summed E-state index contributed by atoms with van der Waals surface area (Å²) < 4.78 is 3.58. The normalized spacial score (nSPS) is 22.9. The number of carbonyl (C=O) groups excluding carboxylic acids is 2. The Kier molecular flexibility index (Phi) is 4.24. The van der Waals surface area contributed by atoms with E-state index < -0.39 is 12.0 Å². The molecule has 0 radical (unpaired) electrons. The minimum atomic E-state index is -1.34. The third-order valence-electron chi connectivity index (χ3n) is 4.08. The number of carboxylic acids is 1. The number of amides is 1. The molecule has 2 unspecified atom stereocenters. The van der Waals surface area contributed by atoms with Gasteiger partial charge in [-0.05, 0) is 6.07 Å². The molecule has 2 atom stereocenters. The summed E-state index contributed by atoms with van der Waals surface area (Å²) in [6, 6.07) is 3.06. The molecule has 10 heteroatoms. The van der Waals surface area contributed by atoms with E-state index in [2.05, 4.69) is 5.10 Å². The van der Waals surface area contributed by atoms with E-state index in [0.29, 0.717) is 17.9 Å². The van der Waals surface area contributed by atoms with Gasteiger partial charge in [0.1, 0.15) is 24.2 Å². The van der Waals surface area contributed by atoms with E-state index in [1.54, 1.807) is 16.9 Å². The Balaban J connectivity index is 0.00000169. The van der Waals surface area contributed by atoms with Crippen LogP contribution in [-0.2, 0) is 16.1 Å². The number of imidazole rings is 1. The van der Waals surface area contributed by atoms with Crippen molar-refractivity contribution in [2.24, 2.45) is 5.73 Å². The predicted octanol–water partition coefficient (Wildman–Crippen LogP) is -1.71. The molecule has 126 valence electrons. The zero-order chi connectivity index (χ0) is 16.1. The molecular weight excluding hydrogens is 354 g/mol. The SMILES string of the molecule is Cl.NC1C(=O)N2C(C(=O)[O-])=C(C[n+]3ccn4ncccc43)CSC12. The average Bonchev–Trinajstić information content (AvgIpc) is 2.96. The molecule has 4 rings (SSSR count). The number of β-lactam (4-membered cyclic amide) rings is 1. The number of aliphatic carboxylic acids is 1. The fourth-order valence-electron chi connectivity index (χ4n) is 2.97. The summed E-state index contributed by atoms with van der Waals surface area (Å²) >= 11 is 1.48. The van der Waals surface area contributed by atoms with Crippen molar-refractivity contribution in [1.29, 1.82) is 0 Å². The van der Waals surface area contributed by atoms with Crippen LogP contribution in [0.15, 0.2) is 42.0 Å². The maximum Gasteiger partial charge on any atom is 0.307 e. The summed E-state index contributed by atoms with van der Waals surface area (Å²) in [6.45, 7) is 0.351. The summed E-state index contributed by atoms with van der Waals surface area (Å²) in [7, 11) is 0. The van der Waals surface area contributed by atoms with Gasteiger partial charge < -0.3 is 15.6 Å². The minimum Gasteiger partial charge on any atom is -0.543 e. The highest BCUT2D eigenvalue weighted by Gasteiger charge is 2.50. The number of halogens is 1. The molecule has 1 amide bonds. The first-order valence-electron chi connectivity index (χ1n) is 7.03. The second-order valence-corrected chi connectivity index (χ2v) is 6.53. The number of carbonyl (C=O) groups is 2. The van der Waals surface area contributed by atoms with Gasteiger partial charge in [0, 0.05) is 17.4 Å². The molecule has 2 aliphatic heterocycles. The fraction of sp³-hybridized carbons (Fsp3) is 0.286. The molecule has 1 fully saturated rings. The number of carboxylic acid groups (broad SMARTS) is 1. The molecule has 0 spiro atoms. The molecule has 24 heavy (non-hydrogen) atoms. The van der Waals surface area contributed by atoms with Gasteiger partial charge in [0.25, 0.3) is 0 Å². The number of rotatable bonds is 3. The summed E-state index contributed by atoms with van der Waals surface area (Å²) in [4.78, 5) is 24.7. The minimum absolute atomic E-state index is 0. The van der Waals surface area contributed by atoms with Crippen molar-refractivity contribution in [3.05, 3.63) is 42.0 Å². The highest BCUT2D eigenvalue weighted by molar-refractivity contribution is 8.00. The zero-order valence-corrected chi connectivity index (χ0v) is 14.0. The van der Waals surface area contributed by atoms with Gasteiger partial charge in [0.05, 0.1) is 17.9 Å². The van der Waals surface area contributed by atoms with Crippen molar-refractivity contribution < 1.29 is 19.3 Å². The van der Waals surface area contributed by atoms with E-state index in [1.165, 1.54) is 16.7 Å². The lowest BCUT2D eigenvalue weighted by molar-refractivity contribution is -0.662. The topological polar surface area (TPSA) is 108 Å². The van der Waals surface area contributed by atoms with E-state index in [-0.39, 0.29) is 29.4 Å². The number of aromatic nitrogens is 3. The molecule has 2 aliphatic rings. The van der Waals surface area contributed by atoms with Crippen LogP contribution in [-0.4, -0.2) is 43.6 Å². The van der Waals surface area contributed by atoms with Crippen LogP contribution in [0.4, 0.5) is 0 Å². The number of nitrogens with zero attached hydrogens (tertiary/aromatic N) is 4. The van der Waals surface area contributed by atoms with Crippen LogP contribution in [0.2, 0.25) is 0 Å². The van der Waals surface area contributed by atoms with Crippen molar-refractivity contribution in [1.82, 2.24) is 14.5 Å². The van der Waals surface area contributed by atoms with E-state index in [1.807, 2.05) is 22.9 Å². The second kappa shape index (κ2) is 6.08. The van der Waals surface area contributed by atoms with Gasteiger partial charge in [-0.1, -0.05) is 5.10 Å². The van der Waals surface area contributed by atoms with Crippen molar-refractivity contribution in [3.8, 4) is 0 Å². The van der Waals surface area contributed by atoms with Crippen LogP contribution in [0, 0.1) is 0 Å². The maximum absolute atomic E-state index is 11.9. The number of nitrogens with two attached hydrogens (primary N) is 1. The lowest BCUT2D eigenvalue weighted by atomic mass is 10.0. The molecule has 0 bridgehead atoms. The third-order valence-corrected chi connectivity index (χ3v) is 5.44. The Morgan fingerprint density at radius 2 is 2.33 bits per heavy atom. The molecule has 4 heterocycles. The average molecular weight is 368 g/mol. The molecule has 1 saturated heterocycles. The van der Waals surface area contributed by atoms with Gasteiger partial charge >= 0.3 is 5.65 Å². The summed E-state index contributed by atoms with van der Waals surface area (Å²) in [5.74, 6) is -1.21. The Labute approximate surface area is 147 Å². The first-order chi connectivity index (χ1) is 11.1. The van der Waals surface area contributed by atoms with E-state index in [4.69, 9.17) is 5.73 Å². The Morgan fingerprint density at radius 3 is 3.08 bits per heavy atom. The summed E-state index contributed by atoms with van der Waals surface area (Å²) in [5, 5.41) is 15.4. The zero-order valence-electron chi connectivity index (χ0n) is 12.4. The van der Waals surface area contributed by atoms with Crippen LogP contribution >= 0.6 is 24.2 Å². The lowest BCUT2D eigenvalue weighted by Gasteiger charge is -2.49. The van der Waals surface area contributed by atoms with Crippen LogP contribution in [0.25, 0.3) is 5.65 Å². The smallest absolute Gasteiger partial charge is 0.307 e. The molecule has 8 nitrogen and oxygen atoms in total. The molecule has 2 N–H and O–H groups in total. The van der Waals surface area contributed by atoms with E-state index in [0.717, 1.165) is 5.65 Å². The monoisotopic (exact) mass is 367 g/mol. The van der Waals surface area contributed by atoms with E-state index >= 15 is 0 Å². The highest BCUT2D eigenvalue weighted by atomic mass is 35.5. The van der Waals surface area contributed by atoms with Crippen molar-refractivity contribution in [3.63, 3.8) is 0 Å².